The van der Waals surface area contributed by atoms with Crippen LogP contribution in [0.5, 0.6) is 0 Å². The van der Waals surface area contributed by atoms with Gasteiger partial charge in [0.2, 0.25) is 11.8 Å². The molecule has 1 saturated carbocycles. The number of anilines is 2. The van der Waals surface area contributed by atoms with Crippen molar-refractivity contribution in [1.82, 2.24) is 9.80 Å². The summed E-state index contributed by atoms with van der Waals surface area (Å²) in [6.07, 6.45) is 3.46. The molecule has 3 amide bonds. The maximum absolute atomic E-state index is 12.7. The third-order valence-corrected chi connectivity index (χ3v) is 6.30. The first-order valence-corrected chi connectivity index (χ1v) is 11.8. The van der Waals surface area contributed by atoms with Gasteiger partial charge >= 0.3 is 0 Å². The number of piperazine rings is 1. The number of hydrogen-bond donors (Lipinski definition) is 1. The minimum absolute atomic E-state index is 0.0279. The molecule has 0 aromatic heterocycles. The van der Waals surface area contributed by atoms with Crippen LogP contribution < -0.4 is 10.2 Å². The van der Waals surface area contributed by atoms with Crippen molar-refractivity contribution in [3.05, 3.63) is 72.3 Å². The highest BCUT2D eigenvalue weighted by atomic mass is 16.2. The van der Waals surface area contributed by atoms with Gasteiger partial charge in [-0.15, -0.1) is 6.58 Å². The van der Waals surface area contributed by atoms with Gasteiger partial charge in [0, 0.05) is 55.6 Å². The van der Waals surface area contributed by atoms with Gasteiger partial charge in [-0.2, -0.15) is 0 Å². The molecule has 1 aliphatic carbocycles. The Morgan fingerprint density at radius 3 is 2.24 bits per heavy atom. The van der Waals surface area contributed by atoms with Gasteiger partial charge < -0.3 is 20.0 Å². The van der Waals surface area contributed by atoms with Crippen LogP contribution in [0.2, 0.25) is 0 Å². The Morgan fingerprint density at radius 1 is 1.00 bits per heavy atom. The van der Waals surface area contributed by atoms with E-state index in [1.165, 1.54) is 0 Å². The van der Waals surface area contributed by atoms with Crippen LogP contribution in [0.3, 0.4) is 0 Å². The molecule has 0 atom stereocenters. The lowest BCUT2D eigenvalue weighted by Gasteiger charge is -2.36. The predicted molar refractivity (Wildman–Crippen MR) is 134 cm³/mol. The number of nitrogens with zero attached hydrogens (tertiary/aromatic N) is 3. The number of hydrogen-bond acceptors (Lipinski definition) is 4. The van der Waals surface area contributed by atoms with Crippen LogP contribution in [0.25, 0.3) is 0 Å². The Bertz CT molecular complexity index is 1040. The van der Waals surface area contributed by atoms with E-state index in [-0.39, 0.29) is 30.2 Å². The molecule has 0 spiro atoms. The highest BCUT2D eigenvalue weighted by Gasteiger charge is 2.33. The second-order valence-electron chi connectivity index (χ2n) is 9.02. The fourth-order valence-electron chi connectivity index (χ4n) is 4.15. The van der Waals surface area contributed by atoms with E-state index in [4.69, 9.17) is 0 Å². The van der Waals surface area contributed by atoms with Gasteiger partial charge in [-0.25, -0.2) is 0 Å². The highest BCUT2D eigenvalue weighted by Crippen LogP contribution is 2.31. The van der Waals surface area contributed by atoms with Gasteiger partial charge in [0.1, 0.15) is 6.54 Å². The normalized spacial score (nSPS) is 15.6. The van der Waals surface area contributed by atoms with E-state index in [0.29, 0.717) is 25.3 Å². The summed E-state index contributed by atoms with van der Waals surface area (Å²) in [4.78, 5) is 43.2. The first-order chi connectivity index (χ1) is 16.4. The van der Waals surface area contributed by atoms with Crippen LogP contribution in [-0.2, 0) is 9.59 Å². The van der Waals surface area contributed by atoms with Crippen LogP contribution in [0, 0.1) is 12.8 Å². The number of aryl methyl sites for hydroxylation is 1. The highest BCUT2D eigenvalue weighted by molar-refractivity contribution is 5.95. The average molecular weight is 461 g/mol. The number of nitrogens with one attached hydrogen (secondary N) is 1. The standard InChI is InChI=1S/C27H32N4O3/c1-3-14-31(27(34)22-8-9-22)19-25(32)28-23-10-12-24(13-11-23)29-15-17-30(18-16-29)26(33)21-6-4-20(2)5-7-21/h3-7,10-13,22H,1,8-9,14-19H2,2H3,(H,28,32). The zero-order valence-corrected chi connectivity index (χ0v) is 19.7. The second-order valence-corrected chi connectivity index (χ2v) is 9.02. The Labute approximate surface area is 201 Å². The summed E-state index contributed by atoms with van der Waals surface area (Å²) in [5.41, 5.74) is 3.61. The molecule has 34 heavy (non-hydrogen) atoms. The fourth-order valence-corrected chi connectivity index (χ4v) is 4.15. The number of benzene rings is 2. The lowest BCUT2D eigenvalue weighted by atomic mass is 10.1. The molecule has 1 N–H and O–H groups in total. The van der Waals surface area contributed by atoms with E-state index in [0.717, 1.165) is 42.7 Å². The van der Waals surface area contributed by atoms with Gasteiger partial charge in [0.15, 0.2) is 0 Å². The number of carbonyl (C=O) groups excluding carboxylic acids is 3. The first kappa shape index (κ1) is 23.5. The molecule has 7 heteroatoms. The summed E-state index contributed by atoms with van der Waals surface area (Å²) < 4.78 is 0. The van der Waals surface area contributed by atoms with Crippen molar-refractivity contribution in [2.45, 2.75) is 19.8 Å². The Kier molecular flexibility index (Phi) is 7.30. The van der Waals surface area contributed by atoms with Crippen molar-refractivity contribution in [3.8, 4) is 0 Å². The SMILES string of the molecule is C=CCN(CC(=O)Nc1ccc(N2CCN(C(=O)c3ccc(C)cc3)CC2)cc1)C(=O)C1CC1. The van der Waals surface area contributed by atoms with Crippen LogP contribution in [-0.4, -0.2) is 66.8 Å². The topological polar surface area (TPSA) is 73.0 Å². The van der Waals surface area contributed by atoms with Crippen molar-refractivity contribution in [2.75, 3.05) is 49.5 Å². The summed E-state index contributed by atoms with van der Waals surface area (Å²) in [5, 5.41) is 2.88. The second kappa shape index (κ2) is 10.5. The molecule has 4 rings (SSSR count). The summed E-state index contributed by atoms with van der Waals surface area (Å²) in [6.45, 7) is 8.94. The first-order valence-electron chi connectivity index (χ1n) is 11.8. The van der Waals surface area contributed by atoms with Crippen LogP contribution >= 0.6 is 0 Å². The molecule has 2 aliphatic rings. The molecule has 1 saturated heterocycles. The quantitative estimate of drug-likeness (QED) is 0.614. The van der Waals surface area contributed by atoms with Gasteiger partial charge in [-0.05, 0) is 56.2 Å². The van der Waals surface area contributed by atoms with E-state index < -0.39 is 0 Å². The Balaban J connectivity index is 1.27. The predicted octanol–water partition coefficient (Wildman–Crippen LogP) is 3.32. The minimum Gasteiger partial charge on any atom is -0.368 e. The summed E-state index contributed by atoms with van der Waals surface area (Å²) in [7, 11) is 0. The molecular weight excluding hydrogens is 428 g/mol. The van der Waals surface area contributed by atoms with Crippen molar-refractivity contribution in [3.63, 3.8) is 0 Å². The van der Waals surface area contributed by atoms with E-state index in [2.05, 4.69) is 16.8 Å². The van der Waals surface area contributed by atoms with E-state index >= 15 is 0 Å². The van der Waals surface area contributed by atoms with Crippen molar-refractivity contribution in [2.24, 2.45) is 5.92 Å². The number of rotatable bonds is 8. The maximum atomic E-state index is 12.7. The van der Waals surface area contributed by atoms with Crippen LogP contribution in [0.4, 0.5) is 11.4 Å². The third-order valence-electron chi connectivity index (χ3n) is 6.30. The Hall–Kier alpha value is -3.61. The summed E-state index contributed by atoms with van der Waals surface area (Å²) in [5.74, 6) is -0.0414. The van der Waals surface area contributed by atoms with Crippen molar-refractivity contribution >= 4 is 29.1 Å². The van der Waals surface area contributed by atoms with Gasteiger partial charge in [0.05, 0.1) is 0 Å². The zero-order valence-electron chi connectivity index (χ0n) is 19.7. The molecule has 2 fully saturated rings. The zero-order chi connectivity index (χ0) is 24.1. The van der Waals surface area contributed by atoms with Gasteiger partial charge in [-0.1, -0.05) is 23.8 Å². The lowest BCUT2D eigenvalue weighted by Crippen LogP contribution is -2.48. The third kappa shape index (κ3) is 5.84. The van der Waals surface area contributed by atoms with Crippen molar-refractivity contribution in [1.29, 1.82) is 0 Å². The smallest absolute Gasteiger partial charge is 0.253 e. The average Bonchev–Trinajstić information content (AvgIpc) is 3.70. The molecule has 2 aromatic rings. The lowest BCUT2D eigenvalue weighted by molar-refractivity contribution is -0.135. The van der Waals surface area contributed by atoms with E-state index in [1.807, 2.05) is 60.4 Å². The molecule has 7 nitrogen and oxygen atoms in total. The molecule has 1 heterocycles. The molecule has 2 aromatic carbocycles. The fraction of sp³-hybridized carbons (Fsp3) is 0.370. The molecular formula is C27H32N4O3. The number of amides is 3. The number of carbonyl (C=O) groups is 3. The van der Waals surface area contributed by atoms with E-state index in [1.54, 1.807) is 11.0 Å². The molecule has 1 aliphatic heterocycles. The van der Waals surface area contributed by atoms with Gasteiger partial charge in [-0.3, -0.25) is 14.4 Å². The van der Waals surface area contributed by atoms with Crippen molar-refractivity contribution < 1.29 is 14.4 Å². The molecule has 0 radical (unpaired) electrons. The summed E-state index contributed by atoms with van der Waals surface area (Å²) >= 11 is 0. The summed E-state index contributed by atoms with van der Waals surface area (Å²) in [6, 6.07) is 15.4. The largest absolute Gasteiger partial charge is 0.368 e. The van der Waals surface area contributed by atoms with Gasteiger partial charge in [0.25, 0.3) is 5.91 Å². The van der Waals surface area contributed by atoms with Crippen LogP contribution in [0.15, 0.2) is 61.2 Å². The van der Waals surface area contributed by atoms with Crippen LogP contribution in [0.1, 0.15) is 28.8 Å². The van der Waals surface area contributed by atoms with E-state index in [9.17, 15) is 14.4 Å². The minimum atomic E-state index is -0.216. The molecule has 178 valence electrons. The monoisotopic (exact) mass is 460 g/mol. The Morgan fingerprint density at radius 2 is 1.65 bits per heavy atom. The molecule has 0 unspecified atom stereocenters. The molecule has 0 bridgehead atoms. The maximum Gasteiger partial charge on any atom is 0.253 e.